The number of hydrogen-bond donors (Lipinski definition) is 3. The standard InChI is InChI=1S/C28H34N2O5/c1-17(2)12-15-24(25(31)30-28(3,26(32)33)18-13-14-18)29-27(34)35-16-23-21-10-6-4-8-19(21)20-9-5-7-11-22(20)23/h4-11,17-18,23-24H,12-16H2,1-3H3,(H,29,34)(H,30,31)(H,32,33). The van der Waals surface area contributed by atoms with Crippen molar-refractivity contribution in [2.45, 2.75) is 64.0 Å². The molecule has 2 aromatic carbocycles. The van der Waals surface area contributed by atoms with Crippen molar-refractivity contribution in [2.75, 3.05) is 6.61 Å². The first-order valence-corrected chi connectivity index (χ1v) is 12.4. The van der Waals surface area contributed by atoms with Crippen LogP contribution in [0.4, 0.5) is 4.79 Å². The molecule has 0 bridgehead atoms. The smallest absolute Gasteiger partial charge is 0.407 e. The third-order valence-corrected chi connectivity index (χ3v) is 7.21. The van der Waals surface area contributed by atoms with Crippen molar-refractivity contribution >= 4 is 18.0 Å². The Hall–Kier alpha value is -3.35. The van der Waals surface area contributed by atoms with Crippen molar-refractivity contribution in [3.8, 4) is 11.1 Å². The number of carboxylic acids is 1. The number of hydrogen-bond acceptors (Lipinski definition) is 4. The summed E-state index contributed by atoms with van der Waals surface area (Å²) in [6, 6.07) is 15.3. The summed E-state index contributed by atoms with van der Waals surface area (Å²) in [5.74, 6) is -1.40. The highest BCUT2D eigenvalue weighted by Gasteiger charge is 2.49. The summed E-state index contributed by atoms with van der Waals surface area (Å²) in [5, 5.41) is 15.1. The normalized spacial score (nSPS) is 17.1. The molecule has 2 aliphatic carbocycles. The molecule has 0 saturated heterocycles. The molecule has 186 valence electrons. The van der Waals surface area contributed by atoms with Crippen molar-refractivity contribution in [1.29, 1.82) is 0 Å². The second kappa shape index (κ2) is 10.1. The Bertz CT molecular complexity index is 1060. The van der Waals surface area contributed by atoms with Crippen LogP contribution in [0.25, 0.3) is 11.1 Å². The molecule has 7 nitrogen and oxygen atoms in total. The fourth-order valence-corrected chi connectivity index (χ4v) is 4.89. The molecule has 0 aliphatic heterocycles. The lowest BCUT2D eigenvalue weighted by Gasteiger charge is -2.29. The highest BCUT2D eigenvalue weighted by atomic mass is 16.5. The zero-order valence-corrected chi connectivity index (χ0v) is 20.5. The van der Waals surface area contributed by atoms with Crippen LogP contribution in [-0.2, 0) is 14.3 Å². The number of alkyl carbamates (subject to hydrolysis) is 1. The van der Waals surface area contributed by atoms with Crippen LogP contribution in [0.15, 0.2) is 48.5 Å². The van der Waals surface area contributed by atoms with E-state index in [1.807, 2.05) is 50.2 Å². The Morgan fingerprint density at radius 2 is 1.57 bits per heavy atom. The van der Waals surface area contributed by atoms with Crippen molar-refractivity contribution in [2.24, 2.45) is 11.8 Å². The van der Waals surface area contributed by atoms with E-state index in [0.29, 0.717) is 18.8 Å². The summed E-state index contributed by atoms with van der Waals surface area (Å²) >= 11 is 0. The summed E-state index contributed by atoms with van der Waals surface area (Å²) in [6.07, 6.45) is 1.95. The van der Waals surface area contributed by atoms with Gasteiger partial charge < -0.3 is 20.5 Å². The van der Waals surface area contributed by atoms with E-state index >= 15 is 0 Å². The number of rotatable bonds is 10. The molecule has 2 amide bonds. The lowest BCUT2D eigenvalue weighted by atomic mass is 9.94. The minimum Gasteiger partial charge on any atom is -0.480 e. The maximum Gasteiger partial charge on any atom is 0.407 e. The van der Waals surface area contributed by atoms with Gasteiger partial charge in [-0.1, -0.05) is 62.4 Å². The molecule has 2 unspecified atom stereocenters. The van der Waals surface area contributed by atoms with Crippen LogP contribution in [0.1, 0.15) is 63.5 Å². The number of carbonyl (C=O) groups excluding carboxylic acids is 2. The molecule has 0 heterocycles. The first-order chi connectivity index (χ1) is 16.7. The topological polar surface area (TPSA) is 105 Å². The molecule has 0 spiro atoms. The van der Waals surface area contributed by atoms with Gasteiger partial charge in [-0.2, -0.15) is 0 Å². The number of carbonyl (C=O) groups is 3. The lowest BCUT2D eigenvalue weighted by Crippen LogP contribution is -2.59. The summed E-state index contributed by atoms with van der Waals surface area (Å²) in [5.41, 5.74) is 3.16. The highest BCUT2D eigenvalue weighted by Crippen LogP contribution is 2.44. The first-order valence-electron chi connectivity index (χ1n) is 12.4. The predicted molar refractivity (Wildman–Crippen MR) is 133 cm³/mol. The van der Waals surface area contributed by atoms with Gasteiger partial charge in [-0.25, -0.2) is 9.59 Å². The largest absolute Gasteiger partial charge is 0.480 e. The van der Waals surface area contributed by atoms with E-state index in [1.165, 1.54) is 6.92 Å². The van der Waals surface area contributed by atoms with Crippen LogP contribution in [0.3, 0.4) is 0 Å². The fraction of sp³-hybridized carbons (Fsp3) is 0.464. The number of ether oxygens (including phenoxy) is 1. The molecular formula is C28H34N2O5. The molecule has 35 heavy (non-hydrogen) atoms. The molecule has 0 aromatic heterocycles. The van der Waals surface area contributed by atoms with E-state index in [2.05, 4.69) is 22.8 Å². The van der Waals surface area contributed by atoms with Crippen LogP contribution < -0.4 is 10.6 Å². The summed E-state index contributed by atoms with van der Waals surface area (Å²) in [6.45, 7) is 5.76. The van der Waals surface area contributed by atoms with Crippen LogP contribution in [0.5, 0.6) is 0 Å². The molecule has 7 heteroatoms. The van der Waals surface area contributed by atoms with Crippen molar-refractivity contribution in [1.82, 2.24) is 10.6 Å². The number of fused-ring (bicyclic) bond motifs is 3. The number of aliphatic carboxylic acids is 1. The van der Waals surface area contributed by atoms with E-state index in [9.17, 15) is 19.5 Å². The lowest BCUT2D eigenvalue weighted by molar-refractivity contribution is -0.148. The highest BCUT2D eigenvalue weighted by molar-refractivity contribution is 5.91. The maximum absolute atomic E-state index is 13.1. The van der Waals surface area contributed by atoms with Gasteiger partial charge in [0, 0.05) is 5.92 Å². The van der Waals surface area contributed by atoms with Gasteiger partial charge in [-0.15, -0.1) is 0 Å². The Kier molecular flexibility index (Phi) is 7.15. The van der Waals surface area contributed by atoms with Gasteiger partial charge in [0.25, 0.3) is 0 Å². The van der Waals surface area contributed by atoms with Crippen molar-refractivity contribution in [3.63, 3.8) is 0 Å². The van der Waals surface area contributed by atoms with E-state index < -0.39 is 29.6 Å². The maximum atomic E-state index is 13.1. The quantitative estimate of drug-likeness (QED) is 0.459. The zero-order chi connectivity index (χ0) is 25.2. The Balaban J connectivity index is 1.43. The Labute approximate surface area is 206 Å². The number of nitrogens with one attached hydrogen (secondary N) is 2. The van der Waals surface area contributed by atoms with Crippen LogP contribution >= 0.6 is 0 Å². The van der Waals surface area contributed by atoms with Gasteiger partial charge in [-0.05, 0) is 66.7 Å². The SMILES string of the molecule is CC(C)CCC(NC(=O)OCC1c2ccccc2-c2ccccc21)C(=O)NC(C)(C(=O)O)C1CC1. The molecule has 1 saturated carbocycles. The summed E-state index contributed by atoms with van der Waals surface area (Å²) in [4.78, 5) is 37.8. The molecule has 4 rings (SSSR count). The molecule has 2 atom stereocenters. The molecule has 2 aliphatic rings. The van der Waals surface area contributed by atoms with E-state index in [4.69, 9.17) is 4.74 Å². The van der Waals surface area contributed by atoms with Crippen molar-refractivity contribution in [3.05, 3.63) is 59.7 Å². The second-order valence-electron chi connectivity index (χ2n) is 10.3. The van der Waals surface area contributed by atoms with Crippen LogP contribution in [0.2, 0.25) is 0 Å². The fourth-order valence-electron chi connectivity index (χ4n) is 4.89. The zero-order valence-electron chi connectivity index (χ0n) is 20.5. The van der Waals surface area contributed by atoms with E-state index in [-0.39, 0.29) is 18.4 Å². The number of benzene rings is 2. The third-order valence-electron chi connectivity index (χ3n) is 7.21. The van der Waals surface area contributed by atoms with Crippen molar-refractivity contribution < 1.29 is 24.2 Å². The van der Waals surface area contributed by atoms with E-state index in [0.717, 1.165) is 35.1 Å². The van der Waals surface area contributed by atoms with Gasteiger partial charge in [0.05, 0.1) is 0 Å². The van der Waals surface area contributed by atoms with Gasteiger partial charge >= 0.3 is 12.1 Å². The monoisotopic (exact) mass is 478 g/mol. The molecule has 3 N–H and O–H groups in total. The van der Waals surface area contributed by atoms with Gasteiger partial charge in [0.2, 0.25) is 5.91 Å². The van der Waals surface area contributed by atoms with Gasteiger partial charge in [0.15, 0.2) is 0 Å². The summed E-state index contributed by atoms with van der Waals surface area (Å²) in [7, 11) is 0. The van der Waals surface area contributed by atoms with Gasteiger partial charge in [-0.3, -0.25) is 4.79 Å². The average molecular weight is 479 g/mol. The minimum atomic E-state index is -1.34. The first kappa shape index (κ1) is 24.8. The molecule has 1 fully saturated rings. The van der Waals surface area contributed by atoms with Gasteiger partial charge in [0.1, 0.15) is 18.2 Å². The molecule has 0 radical (unpaired) electrons. The van der Waals surface area contributed by atoms with Crippen LogP contribution in [0, 0.1) is 11.8 Å². The number of amides is 2. The number of carboxylic acid groups (broad SMARTS) is 1. The Morgan fingerprint density at radius 3 is 2.09 bits per heavy atom. The molecular weight excluding hydrogens is 444 g/mol. The van der Waals surface area contributed by atoms with Crippen LogP contribution in [-0.4, -0.2) is 41.3 Å². The second-order valence-corrected chi connectivity index (χ2v) is 10.3. The summed E-state index contributed by atoms with van der Waals surface area (Å²) < 4.78 is 5.62. The molecule has 2 aromatic rings. The average Bonchev–Trinajstić information content (AvgIpc) is 3.64. The Morgan fingerprint density at radius 1 is 1.00 bits per heavy atom. The van der Waals surface area contributed by atoms with E-state index in [1.54, 1.807) is 0 Å². The minimum absolute atomic E-state index is 0.0822. The third kappa shape index (κ3) is 5.34. The predicted octanol–water partition coefficient (Wildman–Crippen LogP) is 4.70.